The molecule has 17 heavy (non-hydrogen) atoms. The van der Waals surface area contributed by atoms with Gasteiger partial charge in [0.05, 0.1) is 9.90 Å². The van der Waals surface area contributed by atoms with Crippen molar-refractivity contribution in [3.63, 3.8) is 0 Å². The van der Waals surface area contributed by atoms with Crippen LogP contribution in [0, 0.1) is 5.82 Å². The van der Waals surface area contributed by atoms with Crippen LogP contribution in [0.15, 0.2) is 28.7 Å². The molecule has 1 aromatic heterocycles. The van der Waals surface area contributed by atoms with Crippen LogP contribution in [0.25, 0.3) is 0 Å². The zero-order chi connectivity index (χ0) is 12.6. The summed E-state index contributed by atoms with van der Waals surface area (Å²) in [4.78, 5) is 12.5. The van der Waals surface area contributed by atoms with Crippen molar-refractivity contribution in [1.29, 1.82) is 0 Å². The predicted molar refractivity (Wildman–Crippen MR) is 71.9 cm³/mol. The maximum Gasteiger partial charge on any atom is 0.204 e. The minimum atomic E-state index is -0.612. The van der Waals surface area contributed by atoms with Crippen LogP contribution >= 0.6 is 50.5 Å². The molecule has 2 rings (SSSR count). The van der Waals surface area contributed by atoms with Crippen molar-refractivity contribution < 1.29 is 9.18 Å². The molecule has 0 fully saturated rings. The van der Waals surface area contributed by atoms with E-state index in [4.69, 9.17) is 23.2 Å². The number of halogens is 4. The molecule has 88 valence electrons. The third kappa shape index (κ3) is 2.55. The SMILES string of the molecule is O=C(c1cc(Br)c(Cl)s1)c1cccc(F)c1Cl. The van der Waals surface area contributed by atoms with Gasteiger partial charge >= 0.3 is 0 Å². The lowest BCUT2D eigenvalue weighted by molar-refractivity contribution is 0.104. The van der Waals surface area contributed by atoms with Crippen molar-refractivity contribution in [2.75, 3.05) is 0 Å². The number of benzene rings is 1. The van der Waals surface area contributed by atoms with Crippen molar-refractivity contribution >= 4 is 56.3 Å². The first-order chi connectivity index (χ1) is 8.00. The summed E-state index contributed by atoms with van der Waals surface area (Å²) in [5.74, 6) is -0.952. The van der Waals surface area contributed by atoms with E-state index in [9.17, 15) is 9.18 Å². The molecule has 0 saturated heterocycles. The lowest BCUT2D eigenvalue weighted by Gasteiger charge is -2.01. The summed E-state index contributed by atoms with van der Waals surface area (Å²) in [5.41, 5.74) is 0.136. The summed E-state index contributed by atoms with van der Waals surface area (Å²) in [7, 11) is 0. The molecule has 6 heteroatoms. The van der Waals surface area contributed by atoms with Crippen LogP contribution in [0.2, 0.25) is 9.36 Å². The molecular weight excluding hydrogens is 350 g/mol. The van der Waals surface area contributed by atoms with Gasteiger partial charge in [-0.3, -0.25) is 4.79 Å². The number of carbonyl (C=O) groups is 1. The van der Waals surface area contributed by atoms with Gasteiger partial charge in [-0.2, -0.15) is 0 Å². The van der Waals surface area contributed by atoms with Crippen molar-refractivity contribution in [3.8, 4) is 0 Å². The van der Waals surface area contributed by atoms with Crippen LogP contribution < -0.4 is 0 Å². The molecule has 0 unspecified atom stereocenters. The first-order valence-electron chi connectivity index (χ1n) is 4.44. The minimum absolute atomic E-state index is 0.136. The second-order valence-electron chi connectivity index (χ2n) is 3.16. The first-order valence-corrected chi connectivity index (χ1v) is 6.81. The van der Waals surface area contributed by atoms with E-state index in [1.165, 1.54) is 18.2 Å². The van der Waals surface area contributed by atoms with Crippen molar-refractivity contribution in [2.45, 2.75) is 0 Å². The summed E-state index contributed by atoms with van der Waals surface area (Å²) >= 11 is 15.9. The average molecular weight is 354 g/mol. The van der Waals surface area contributed by atoms with Gasteiger partial charge in [-0.1, -0.05) is 29.3 Å². The van der Waals surface area contributed by atoms with Crippen molar-refractivity contribution in [1.82, 2.24) is 0 Å². The second-order valence-corrected chi connectivity index (χ2v) is 6.05. The van der Waals surface area contributed by atoms with Gasteiger partial charge in [0.1, 0.15) is 10.2 Å². The molecule has 0 spiro atoms. The van der Waals surface area contributed by atoms with E-state index in [1.54, 1.807) is 6.07 Å². The van der Waals surface area contributed by atoms with Gasteiger partial charge in [-0.25, -0.2) is 4.39 Å². The zero-order valence-corrected chi connectivity index (χ0v) is 12.1. The molecule has 1 heterocycles. The Balaban J connectivity index is 2.47. The second kappa shape index (κ2) is 5.06. The summed E-state index contributed by atoms with van der Waals surface area (Å²) in [6.07, 6.45) is 0. The van der Waals surface area contributed by atoms with E-state index in [2.05, 4.69) is 15.9 Å². The maximum absolute atomic E-state index is 13.2. The van der Waals surface area contributed by atoms with Gasteiger partial charge in [0.15, 0.2) is 0 Å². The molecule has 0 bridgehead atoms. The Labute approximate surface area is 119 Å². The van der Waals surface area contributed by atoms with Gasteiger partial charge in [0, 0.05) is 10.0 Å². The first kappa shape index (κ1) is 13.0. The molecule has 0 amide bonds. The van der Waals surface area contributed by atoms with Crippen LogP contribution in [0.1, 0.15) is 15.2 Å². The Kier molecular flexibility index (Phi) is 3.88. The Morgan fingerprint density at radius 2 is 2.06 bits per heavy atom. The van der Waals surface area contributed by atoms with Crippen molar-refractivity contribution in [2.24, 2.45) is 0 Å². The number of ketones is 1. The largest absolute Gasteiger partial charge is 0.288 e. The van der Waals surface area contributed by atoms with E-state index in [1.807, 2.05) is 0 Å². The van der Waals surface area contributed by atoms with Crippen molar-refractivity contribution in [3.05, 3.63) is 54.4 Å². The molecule has 0 radical (unpaired) electrons. The van der Waals surface area contributed by atoms with Gasteiger partial charge in [0.2, 0.25) is 5.78 Å². The van der Waals surface area contributed by atoms with E-state index in [0.29, 0.717) is 13.7 Å². The van der Waals surface area contributed by atoms with Gasteiger partial charge < -0.3 is 0 Å². The minimum Gasteiger partial charge on any atom is -0.288 e. The van der Waals surface area contributed by atoms with E-state index in [0.717, 1.165) is 11.3 Å². The van der Waals surface area contributed by atoms with Crippen LogP contribution in [0.3, 0.4) is 0 Å². The fourth-order valence-electron chi connectivity index (χ4n) is 1.27. The van der Waals surface area contributed by atoms with Crippen LogP contribution in [-0.4, -0.2) is 5.78 Å². The number of carbonyl (C=O) groups excluding carboxylic acids is 1. The highest BCUT2D eigenvalue weighted by atomic mass is 79.9. The number of thiophene rings is 1. The number of rotatable bonds is 2. The summed E-state index contributed by atoms with van der Waals surface area (Å²) in [5, 5.41) is -0.168. The van der Waals surface area contributed by atoms with Crippen LogP contribution in [0.5, 0.6) is 0 Å². The Bertz CT molecular complexity index is 578. The molecule has 0 aliphatic heterocycles. The van der Waals surface area contributed by atoms with E-state index < -0.39 is 5.82 Å². The fraction of sp³-hybridized carbons (Fsp3) is 0. The highest BCUT2D eigenvalue weighted by Gasteiger charge is 2.18. The fourth-order valence-corrected chi connectivity index (χ4v) is 3.14. The maximum atomic E-state index is 13.2. The monoisotopic (exact) mass is 352 g/mol. The quantitative estimate of drug-likeness (QED) is 0.679. The number of hydrogen-bond donors (Lipinski definition) is 0. The smallest absolute Gasteiger partial charge is 0.204 e. The van der Waals surface area contributed by atoms with Gasteiger partial charge in [-0.15, -0.1) is 11.3 Å². The third-order valence-electron chi connectivity index (χ3n) is 2.07. The predicted octanol–water partition coefficient (Wildman–Crippen LogP) is 5.19. The Morgan fingerprint density at radius 3 is 2.65 bits per heavy atom. The Hall–Kier alpha value is -0.420. The summed E-state index contributed by atoms with van der Waals surface area (Å²) in [6, 6.07) is 5.72. The topological polar surface area (TPSA) is 17.1 Å². The van der Waals surface area contributed by atoms with E-state index in [-0.39, 0.29) is 16.4 Å². The Morgan fingerprint density at radius 1 is 1.35 bits per heavy atom. The number of hydrogen-bond acceptors (Lipinski definition) is 2. The molecular formula is C11H4BrCl2FOS. The van der Waals surface area contributed by atoms with Crippen LogP contribution in [-0.2, 0) is 0 Å². The lowest BCUT2D eigenvalue weighted by Crippen LogP contribution is -2.00. The summed E-state index contributed by atoms with van der Waals surface area (Å²) < 4.78 is 14.3. The zero-order valence-electron chi connectivity index (χ0n) is 8.14. The molecule has 0 atom stereocenters. The highest BCUT2D eigenvalue weighted by molar-refractivity contribution is 9.10. The highest BCUT2D eigenvalue weighted by Crippen LogP contribution is 2.34. The van der Waals surface area contributed by atoms with Gasteiger partial charge in [-0.05, 0) is 34.1 Å². The standard InChI is InChI=1S/C11H4BrCl2FOS/c12-6-4-8(17-11(6)14)10(16)5-2-1-3-7(15)9(5)13/h1-4H. The molecule has 0 aliphatic carbocycles. The summed E-state index contributed by atoms with van der Waals surface area (Å²) in [6.45, 7) is 0. The molecule has 0 N–H and O–H groups in total. The molecule has 0 aliphatic rings. The molecule has 2 aromatic rings. The van der Waals surface area contributed by atoms with Crippen LogP contribution in [0.4, 0.5) is 4.39 Å². The molecule has 1 aromatic carbocycles. The molecule has 1 nitrogen and oxygen atoms in total. The van der Waals surface area contributed by atoms with E-state index >= 15 is 0 Å². The average Bonchev–Trinajstić information content (AvgIpc) is 2.62. The molecule has 0 saturated carbocycles. The lowest BCUT2D eigenvalue weighted by atomic mass is 10.1. The normalized spacial score (nSPS) is 10.6. The third-order valence-corrected chi connectivity index (χ3v) is 4.92. The van der Waals surface area contributed by atoms with Gasteiger partial charge in [0.25, 0.3) is 0 Å².